The Hall–Kier alpha value is -5.08. The number of ether oxygens (including phenoxy) is 1. The molecule has 4 N–H and O–H groups in total. The van der Waals surface area contributed by atoms with Gasteiger partial charge in [0, 0.05) is 53.6 Å². The lowest BCUT2D eigenvalue weighted by molar-refractivity contribution is -0.117. The number of tetrazole rings is 1. The normalized spacial score (nSPS) is 15.9. The first-order chi connectivity index (χ1) is 20.8. The Kier molecular flexibility index (Phi) is 9.08. The molecule has 2 aromatic heterocycles. The van der Waals surface area contributed by atoms with E-state index in [2.05, 4.69) is 41.2 Å². The molecule has 1 aliphatic rings. The number of methoxy groups -OCH3 is 1. The van der Waals surface area contributed by atoms with E-state index < -0.39 is 12.1 Å². The van der Waals surface area contributed by atoms with Crippen LogP contribution in [-0.4, -0.2) is 80.2 Å². The van der Waals surface area contributed by atoms with Gasteiger partial charge in [-0.25, -0.2) is 9.78 Å². The van der Waals surface area contributed by atoms with Crippen molar-refractivity contribution in [1.82, 2.24) is 40.4 Å². The standard InChI is InChI=1S/C28H29ClN10O4/c1-38-11-9-21(33-25(40)8-3-17-13-18(29)4-7-24(17)39-16-31-36-37-39)27-30-15-23(35-27)20-6-5-19(32-28(42)43-2)14-22(20)34-26(41)10-12-38/h3-8,13-16,21H,9-12H2,1-2H3,(H,30,35)(H,32,42)(H,33,40)(H,34,41)/b8-3+. The van der Waals surface area contributed by atoms with Crippen molar-refractivity contribution in [1.29, 1.82) is 0 Å². The Bertz CT molecular complexity index is 1650. The number of carbonyl (C=O) groups excluding carboxylic acids is 3. The van der Waals surface area contributed by atoms with Crippen LogP contribution in [-0.2, 0) is 14.3 Å². The zero-order valence-electron chi connectivity index (χ0n) is 23.4. The topological polar surface area (TPSA) is 172 Å². The molecule has 0 saturated carbocycles. The van der Waals surface area contributed by atoms with Crippen molar-refractivity contribution in [3.63, 3.8) is 0 Å². The maximum atomic E-state index is 13.2. The van der Waals surface area contributed by atoms with Crippen LogP contribution in [0.4, 0.5) is 16.2 Å². The van der Waals surface area contributed by atoms with Gasteiger partial charge < -0.3 is 25.3 Å². The number of benzene rings is 2. The van der Waals surface area contributed by atoms with E-state index in [9.17, 15) is 14.4 Å². The van der Waals surface area contributed by atoms with Crippen molar-refractivity contribution in [3.05, 3.63) is 71.4 Å². The van der Waals surface area contributed by atoms with Gasteiger partial charge in [-0.05, 0) is 66.4 Å². The summed E-state index contributed by atoms with van der Waals surface area (Å²) >= 11 is 6.21. The molecule has 0 spiro atoms. The number of imidazole rings is 1. The van der Waals surface area contributed by atoms with Crippen LogP contribution in [0.2, 0.25) is 5.02 Å². The Morgan fingerprint density at radius 1 is 1.19 bits per heavy atom. The highest BCUT2D eigenvalue weighted by atomic mass is 35.5. The Morgan fingerprint density at radius 2 is 2.05 bits per heavy atom. The summed E-state index contributed by atoms with van der Waals surface area (Å²) in [6.45, 7) is 1.09. The maximum absolute atomic E-state index is 13.2. The minimum atomic E-state index is -0.630. The quantitative estimate of drug-likeness (QED) is 0.249. The number of nitrogens with one attached hydrogen (secondary N) is 4. The highest BCUT2D eigenvalue weighted by Crippen LogP contribution is 2.31. The molecule has 1 atom stereocenters. The number of carbonyl (C=O) groups is 3. The van der Waals surface area contributed by atoms with E-state index >= 15 is 0 Å². The smallest absolute Gasteiger partial charge is 0.411 e. The fourth-order valence-electron chi connectivity index (χ4n) is 4.54. The first-order valence-corrected chi connectivity index (χ1v) is 13.7. The highest BCUT2D eigenvalue weighted by molar-refractivity contribution is 6.30. The van der Waals surface area contributed by atoms with Crippen LogP contribution >= 0.6 is 11.6 Å². The van der Waals surface area contributed by atoms with Crippen molar-refractivity contribution >= 4 is 47.0 Å². The van der Waals surface area contributed by atoms with Crippen LogP contribution in [0, 0.1) is 0 Å². The summed E-state index contributed by atoms with van der Waals surface area (Å²) in [7, 11) is 3.18. The van der Waals surface area contributed by atoms with Gasteiger partial charge in [0.05, 0.1) is 30.2 Å². The predicted octanol–water partition coefficient (Wildman–Crippen LogP) is 3.42. The largest absolute Gasteiger partial charge is 0.453 e. The number of aromatic amines is 1. The molecule has 0 saturated heterocycles. The van der Waals surface area contributed by atoms with Crippen molar-refractivity contribution in [3.8, 4) is 16.9 Å². The lowest BCUT2D eigenvalue weighted by Crippen LogP contribution is -2.32. The summed E-state index contributed by atoms with van der Waals surface area (Å²) in [6, 6.07) is 9.81. The van der Waals surface area contributed by atoms with Crippen LogP contribution < -0.4 is 16.0 Å². The minimum absolute atomic E-state index is 0.185. The number of amides is 3. The molecule has 222 valence electrons. The molecule has 0 fully saturated rings. The van der Waals surface area contributed by atoms with E-state index in [-0.39, 0.29) is 18.2 Å². The van der Waals surface area contributed by atoms with E-state index in [4.69, 9.17) is 16.6 Å². The van der Waals surface area contributed by atoms with Gasteiger partial charge >= 0.3 is 6.09 Å². The fraction of sp³-hybridized carbons (Fsp3) is 0.250. The fourth-order valence-corrected chi connectivity index (χ4v) is 4.72. The van der Waals surface area contributed by atoms with Crippen LogP contribution in [0.3, 0.4) is 0 Å². The molecule has 15 heteroatoms. The first kappa shape index (κ1) is 29.4. The van der Waals surface area contributed by atoms with Crippen molar-refractivity contribution in [2.45, 2.75) is 18.9 Å². The highest BCUT2D eigenvalue weighted by Gasteiger charge is 2.21. The Labute approximate surface area is 251 Å². The van der Waals surface area contributed by atoms with Crippen LogP contribution in [0.15, 0.2) is 55.0 Å². The molecule has 2 aromatic carbocycles. The summed E-state index contributed by atoms with van der Waals surface area (Å²) in [5, 5.41) is 20.3. The summed E-state index contributed by atoms with van der Waals surface area (Å²) in [6.07, 6.45) is 6.38. The molecule has 0 aliphatic carbocycles. The number of aromatic nitrogens is 6. The Balaban J connectivity index is 1.41. The molecule has 1 unspecified atom stereocenters. The van der Waals surface area contributed by atoms with Crippen LogP contribution in [0.25, 0.3) is 23.0 Å². The second-order valence-electron chi connectivity index (χ2n) is 9.79. The number of hydrogen-bond donors (Lipinski definition) is 4. The average Bonchev–Trinajstić information content (AvgIpc) is 3.70. The molecule has 2 bridgehead atoms. The summed E-state index contributed by atoms with van der Waals surface area (Å²) in [5.41, 5.74) is 3.43. The van der Waals surface area contributed by atoms with E-state index in [0.717, 1.165) is 0 Å². The number of halogens is 1. The van der Waals surface area contributed by atoms with Crippen LogP contribution in [0.5, 0.6) is 0 Å². The van der Waals surface area contributed by atoms with Gasteiger partial charge in [0.1, 0.15) is 12.2 Å². The third-order valence-electron chi connectivity index (χ3n) is 6.77. The molecule has 14 nitrogen and oxygen atoms in total. The lowest BCUT2D eigenvalue weighted by atomic mass is 10.1. The van der Waals surface area contributed by atoms with Gasteiger partial charge in [0.15, 0.2) is 0 Å². The second-order valence-corrected chi connectivity index (χ2v) is 10.2. The number of H-pyrrole nitrogens is 1. The number of anilines is 2. The monoisotopic (exact) mass is 604 g/mol. The summed E-state index contributed by atoms with van der Waals surface area (Å²) < 4.78 is 6.16. The van der Waals surface area contributed by atoms with E-state index in [1.165, 1.54) is 24.2 Å². The molecule has 3 amide bonds. The van der Waals surface area contributed by atoms with Crippen LogP contribution in [0.1, 0.15) is 30.3 Å². The lowest BCUT2D eigenvalue weighted by Gasteiger charge is -2.21. The third kappa shape index (κ3) is 7.42. The zero-order chi connectivity index (χ0) is 30.3. The third-order valence-corrected chi connectivity index (χ3v) is 7.00. The van der Waals surface area contributed by atoms with Gasteiger partial charge in [-0.1, -0.05) is 11.6 Å². The number of fused-ring (bicyclic) bond motifs is 4. The molecule has 3 heterocycles. The molecule has 5 rings (SSSR count). The van der Waals surface area contributed by atoms with E-state index in [0.29, 0.717) is 64.2 Å². The molecule has 43 heavy (non-hydrogen) atoms. The number of nitrogens with zero attached hydrogens (tertiary/aromatic N) is 6. The number of hydrogen-bond acceptors (Lipinski definition) is 9. The van der Waals surface area contributed by atoms with Crippen molar-refractivity contribution in [2.75, 3.05) is 37.9 Å². The van der Waals surface area contributed by atoms with E-state index in [1.54, 1.807) is 48.7 Å². The van der Waals surface area contributed by atoms with Gasteiger partial charge in [-0.15, -0.1) is 5.10 Å². The van der Waals surface area contributed by atoms with Crippen molar-refractivity contribution < 1.29 is 19.1 Å². The van der Waals surface area contributed by atoms with E-state index in [1.807, 2.05) is 11.9 Å². The van der Waals surface area contributed by atoms with Crippen molar-refractivity contribution in [2.24, 2.45) is 0 Å². The average molecular weight is 605 g/mol. The number of rotatable bonds is 5. The summed E-state index contributed by atoms with van der Waals surface area (Å²) in [4.78, 5) is 47.7. The minimum Gasteiger partial charge on any atom is -0.453 e. The van der Waals surface area contributed by atoms with Gasteiger partial charge in [-0.3, -0.25) is 14.9 Å². The summed E-state index contributed by atoms with van der Waals surface area (Å²) in [5.74, 6) is 0.0271. The SMILES string of the molecule is COC(=O)Nc1ccc2c(c1)NC(=O)CCN(C)CCC(NC(=O)/C=C/c1cc(Cl)ccc1-n1cnnn1)c1nc-2c[nH]1. The second kappa shape index (κ2) is 13.3. The molecule has 4 aromatic rings. The molecular formula is C28H29ClN10O4. The molecule has 0 radical (unpaired) electrons. The molecule has 1 aliphatic heterocycles. The zero-order valence-corrected chi connectivity index (χ0v) is 24.1. The Morgan fingerprint density at radius 3 is 2.84 bits per heavy atom. The maximum Gasteiger partial charge on any atom is 0.411 e. The first-order valence-electron chi connectivity index (χ1n) is 13.3. The van der Waals surface area contributed by atoms with Gasteiger partial charge in [-0.2, -0.15) is 4.68 Å². The molecular weight excluding hydrogens is 576 g/mol. The van der Waals surface area contributed by atoms with Gasteiger partial charge in [0.25, 0.3) is 0 Å². The van der Waals surface area contributed by atoms with Gasteiger partial charge in [0.2, 0.25) is 11.8 Å². The predicted molar refractivity (Wildman–Crippen MR) is 159 cm³/mol.